The zero-order valence-corrected chi connectivity index (χ0v) is 12.1. The van der Waals surface area contributed by atoms with Crippen LogP contribution in [-0.2, 0) is 6.54 Å². The Morgan fingerprint density at radius 3 is 2.90 bits per heavy atom. The summed E-state index contributed by atoms with van der Waals surface area (Å²) in [5.74, 6) is 0.789. The predicted molar refractivity (Wildman–Crippen MR) is 80.9 cm³/mol. The van der Waals surface area contributed by atoms with Crippen molar-refractivity contribution in [3.63, 3.8) is 0 Å². The first kappa shape index (κ1) is 13.8. The number of likely N-dealkylation sites (tertiary alicyclic amines) is 1. The van der Waals surface area contributed by atoms with Gasteiger partial charge < -0.3 is 14.8 Å². The zero-order valence-electron chi connectivity index (χ0n) is 12.1. The lowest BCUT2D eigenvalue weighted by Crippen LogP contribution is -2.41. The minimum atomic E-state index is 0.108. The lowest BCUT2D eigenvalue weighted by molar-refractivity contribution is 0.166. The predicted octanol–water partition coefficient (Wildman–Crippen LogP) is 1.31. The molecule has 2 fully saturated rings. The molecule has 0 bridgehead atoms. The number of rotatable bonds is 6. The quantitative estimate of drug-likeness (QED) is 0.850. The number of hydrogen-bond donors (Lipinski definition) is 1. The van der Waals surface area contributed by atoms with Crippen LogP contribution in [0, 0.1) is 5.92 Å². The fraction of sp³-hybridized carbons (Fsp3) is 0.688. The number of nitrogens with zero attached hydrogens (tertiary/aromatic N) is 2. The molecule has 1 saturated carbocycles. The Bertz CT molecular complexity index is 481. The number of pyridine rings is 1. The van der Waals surface area contributed by atoms with Crippen LogP contribution >= 0.6 is 0 Å². The third-order valence-electron chi connectivity index (χ3n) is 4.43. The first-order chi connectivity index (χ1) is 9.81. The van der Waals surface area contributed by atoms with Crippen LogP contribution in [0.2, 0.25) is 0 Å². The third kappa shape index (κ3) is 3.93. The van der Waals surface area contributed by atoms with Gasteiger partial charge in [-0.1, -0.05) is 6.07 Å². The molecule has 4 nitrogen and oxygen atoms in total. The number of hydrogen-bond acceptors (Lipinski definition) is 3. The van der Waals surface area contributed by atoms with Gasteiger partial charge in [0.05, 0.1) is 0 Å². The molecular formula is C16H25N3O. The van der Waals surface area contributed by atoms with Crippen LogP contribution in [0.5, 0.6) is 0 Å². The van der Waals surface area contributed by atoms with Gasteiger partial charge in [-0.15, -0.1) is 0 Å². The maximum absolute atomic E-state index is 11.7. The second-order valence-electron chi connectivity index (χ2n) is 6.22. The molecule has 1 unspecified atom stereocenters. The van der Waals surface area contributed by atoms with Crippen molar-refractivity contribution in [3.05, 3.63) is 34.7 Å². The van der Waals surface area contributed by atoms with Crippen LogP contribution in [-0.4, -0.2) is 41.7 Å². The van der Waals surface area contributed by atoms with Crippen molar-refractivity contribution in [1.29, 1.82) is 0 Å². The highest BCUT2D eigenvalue weighted by Crippen LogP contribution is 2.21. The summed E-state index contributed by atoms with van der Waals surface area (Å²) in [5.41, 5.74) is 0.108. The molecule has 3 rings (SSSR count). The van der Waals surface area contributed by atoms with Crippen molar-refractivity contribution < 1.29 is 0 Å². The first-order valence-corrected chi connectivity index (χ1v) is 7.92. The average molecular weight is 275 g/mol. The summed E-state index contributed by atoms with van der Waals surface area (Å²) in [5, 5.41) is 3.65. The molecular weight excluding hydrogens is 250 g/mol. The molecule has 1 N–H and O–H groups in total. The molecule has 1 aromatic rings. The second-order valence-corrected chi connectivity index (χ2v) is 6.22. The van der Waals surface area contributed by atoms with Crippen molar-refractivity contribution in [1.82, 2.24) is 14.8 Å². The maximum Gasteiger partial charge on any atom is 0.250 e. The van der Waals surface area contributed by atoms with E-state index in [2.05, 4.69) is 10.2 Å². The molecule has 0 spiro atoms. The minimum absolute atomic E-state index is 0.108. The molecule has 110 valence electrons. The third-order valence-corrected chi connectivity index (χ3v) is 4.43. The number of aromatic nitrogens is 1. The summed E-state index contributed by atoms with van der Waals surface area (Å²) in [6.07, 6.45) is 7.27. The summed E-state index contributed by atoms with van der Waals surface area (Å²) >= 11 is 0. The van der Waals surface area contributed by atoms with Gasteiger partial charge in [0.15, 0.2) is 0 Å². The fourth-order valence-corrected chi connectivity index (χ4v) is 3.04. The molecule has 0 radical (unpaired) electrons. The molecule has 20 heavy (non-hydrogen) atoms. The Hall–Kier alpha value is -1.13. The maximum atomic E-state index is 11.7. The lowest BCUT2D eigenvalue weighted by atomic mass is 9.98. The first-order valence-electron chi connectivity index (χ1n) is 7.92. The van der Waals surface area contributed by atoms with Gasteiger partial charge >= 0.3 is 0 Å². The summed E-state index contributed by atoms with van der Waals surface area (Å²) < 4.78 is 1.81. The largest absolute Gasteiger partial charge is 0.314 e. The number of piperidine rings is 1. The molecule has 1 saturated heterocycles. The average Bonchev–Trinajstić information content (AvgIpc) is 3.29. The van der Waals surface area contributed by atoms with Crippen molar-refractivity contribution >= 4 is 0 Å². The van der Waals surface area contributed by atoms with E-state index in [0.29, 0.717) is 0 Å². The van der Waals surface area contributed by atoms with Crippen LogP contribution in [0.15, 0.2) is 29.2 Å². The Morgan fingerprint density at radius 1 is 1.20 bits per heavy atom. The highest BCUT2D eigenvalue weighted by atomic mass is 16.1. The zero-order chi connectivity index (χ0) is 13.8. The highest BCUT2D eigenvalue weighted by Gasteiger charge is 2.24. The highest BCUT2D eigenvalue weighted by molar-refractivity contribution is 4.93. The summed E-state index contributed by atoms with van der Waals surface area (Å²) in [7, 11) is 0. The van der Waals surface area contributed by atoms with E-state index in [9.17, 15) is 4.79 Å². The molecule has 2 heterocycles. The SMILES string of the molecule is O=c1ccccn1CCN1CCCC(CNC2CC2)C1. The lowest BCUT2D eigenvalue weighted by Gasteiger charge is -2.33. The van der Waals surface area contributed by atoms with Crippen molar-refractivity contribution in [2.75, 3.05) is 26.2 Å². The smallest absolute Gasteiger partial charge is 0.250 e. The molecule has 4 heteroatoms. The van der Waals surface area contributed by atoms with Gasteiger partial charge in [-0.3, -0.25) is 4.79 Å². The van der Waals surface area contributed by atoms with E-state index in [-0.39, 0.29) is 5.56 Å². The summed E-state index contributed by atoms with van der Waals surface area (Å²) in [6.45, 7) is 5.33. The Morgan fingerprint density at radius 2 is 2.10 bits per heavy atom. The van der Waals surface area contributed by atoms with Gasteiger partial charge in [0.25, 0.3) is 5.56 Å². The van der Waals surface area contributed by atoms with Gasteiger partial charge in [0.2, 0.25) is 0 Å². The van der Waals surface area contributed by atoms with E-state index in [1.54, 1.807) is 12.1 Å². The Kier molecular flexibility index (Phi) is 4.53. The van der Waals surface area contributed by atoms with Crippen LogP contribution < -0.4 is 10.9 Å². The Balaban J connectivity index is 1.44. The van der Waals surface area contributed by atoms with Gasteiger partial charge in [-0.05, 0) is 50.8 Å². The van der Waals surface area contributed by atoms with E-state index in [1.165, 1.54) is 45.3 Å². The van der Waals surface area contributed by atoms with Gasteiger partial charge in [-0.2, -0.15) is 0 Å². The molecule has 0 amide bonds. The van der Waals surface area contributed by atoms with Crippen molar-refractivity contribution in [2.24, 2.45) is 5.92 Å². The Labute approximate surface area is 120 Å². The second kappa shape index (κ2) is 6.55. The monoisotopic (exact) mass is 275 g/mol. The van der Waals surface area contributed by atoms with Crippen LogP contribution in [0.25, 0.3) is 0 Å². The minimum Gasteiger partial charge on any atom is -0.314 e. The van der Waals surface area contributed by atoms with Crippen LogP contribution in [0.3, 0.4) is 0 Å². The fourth-order valence-electron chi connectivity index (χ4n) is 3.04. The van der Waals surface area contributed by atoms with E-state index in [0.717, 1.165) is 25.0 Å². The molecule has 0 aromatic carbocycles. The molecule has 1 aromatic heterocycles. The van der Waals surface area contributed by atoms with Gasteiger partial charge in [-0.25, -0.2) is 0 Å². The molecule has 1 aliphatic carbocycles. The molecule has 2 aliphatic rings. The molecule has 1 aliphatic heterocycles. The normalized spacial score (nSPS) is 23.9. The van der Waals surface area contributed by atoms with E-state index in [4.69, 9.17) is 0 Å². The summed E-state index contributed by atoms with van der Waals surface area (Å²) in [4.78, 5) is 14.2. The van der Waals surface area contributed by atoms with Gasteiger partial charge in [0, 0.05) is 37.9 Å². The molecule has 1 atom stereocenters. The van der Waals surface area contributed by atoms with Crippen molar-refractivity contribution in [2.45, 2.75) is 38.3 Å². The van der Waals surface area contributed by atoms with E-state index >= 15 is 0 Å². The van der Waals surface area contributed by atoms with Crippen molar-refractivity contribution in [3.8, 4) is 0 Å². The van der Waals surface area contributed by atoms with Crippen LogP contribution in [0.1, 0.15) is 25.7 Å². The topological polar surface area (TPSA) is 37.3 Å². The number of nitrogens with one attached hydrogen (secondary N) is 1. The standard InChI is InChI=1S/C16H25N3O/c20-16-5-1-2-9-19(16)11-10-18-8-3-4-14(13-18)12-17-15-6-7-15/h1-2,5,9,14-15,17H,3-4,6-8,10-13H2. The van der Waals surface area contributed by atoms with Crippen LogP contribution in [0.4, 0.5) is 0 Å². The van der Waals surface area contributed by atoms with Gasteiger partial charge in [0.1, 0.15) is 0 Å². The summed E-state index contributed by atoms with van der Waals surface area (Å²) in [6, 6.07) is 6.19. The van der Waals surface area contributed by atoms with E-state index < -0.39 is 0 Å². The van der Waals surface area contributed by atoms with E-state index in [1.807, 2.05) is 16.8 Å².